The van der Waals surface area contributed by atoms with Crippen molar-refractivity contribution in [2.24, 2.45) is 11.3 Å². The van der Waals surface area contributed by atoms with Gasteiger partial charge in [0, 0.05) is 12.1 Å². The molecule has 0 aromatic carbocycles. The Balaban J connectivity index is 2.09. The molecule has 0 saturated heterocycles. The minimum atomic E-state index is 0.472. The second-order valence-electron chi connectivity index (χ2n) is 5.50. The van der Waals surface area contributed by atoms with Crippen LogP contribution in [0, 0.1) is 25.2 Å². The van der Waals surface area contributed by atoms with E-state index in [-0.39, 0.29) is 0 Å². The molecular weight excluding hydrogens is 212 g/mol. The summed E-state index contributed by atoms with van der Waals surface area (Å²) >= 11 is 0. The number of nitrogens with zero attached hydrogens (tertiary/aromatic N) is 2. The van der Waals surface area contributed by atoms with Crippen LogP contribution in [0.4, 0.5) is 11.6 Å². The van der Waals surface area contributed by atoms with Crippen molar-refractivity contribution in [3.8, 4) is 0 Å². The zero-order valence-corrected chi connectivity index (χ0v) is 11.2. The molecule has 94 valence electrons. The predicted octanol–water partition coefficient (Wildman–Crippen LogP) is 2.52. The number of rotatable bonds is 4. The van der Waals surface area contributed by atoms with Gasteiger partial charge in [-0.25, -0.2) is 9.97 Å². The van der Waals surface area contributed by atoms with Gasteiger partial charge in [0.1, 0.15) is 17.5 Å². The fraction of sp³-hybridized carbons (Fsp3) is 0.692. The molecule has 0 radical (unpaired) electrons. The molecule has 0 unspecified atom stereocenters. The highest BCUT2D eigenvalue weighted by molar-refractivity contribution is 5.54. The number of nitrogen functional groups attached to an aromatic ring is 1. The number of hydrogen-bond donors (Lipinski definition) is 2. The van der Waals surface area contributed by atoms with E-state index in [2.05, 4.69) is 29.1 Å². The van der Waals surface area contributed by atoms with Crippen molar-refractivity contribution in [1.29, 1.82) is 0 Å². The Bertz CT molecular complexity index is 422. The Morgan fingerprint density at radius 1 is 1.29 bits per heavy atom. The topological polar surface area (TPSA) is 63.8 Å². The van der Waals surface area contributed by atoms with E-state index in [1.54, 1.807) is 0 Å². The number of hydrogen-bond acceptors (Lipinski definition) is 4. The van der Waals surface area contributed by atoms with Crippen LogP contribution in [0.15, 0.2) is 0 Å². The van der Waals surface area contributed by atoms with Crippen molar-refractivity contribution in [2.75, 3.05) is 17.6 Å². The minimum absolute atomic E-state index is 0.472. The summed E-state index contributed by atoms with van der Waals surface area (Å²) in [5.41, 5.74) is 7.27. The van der Waals surface area contributed by atoms with Crippen molar-refractivity contribution in [2.45, 2.75) is 40.5 Å². The maximum Gasteiger partial charge on any atom is 0.134 e. The fourth-order valence-corrected chi connectivity index (χ4v) is 2.20. The first-order chi connectivity index (χ1) is 7.94. The molecule has 2 rings (SSSR count). The number of nitrogens with one attached hydrogen (secondary N) is 1. The van der Waals surface area contributed by atoms with Crippen LogP contribution in [-0.4, -0.2) is 16.5 Å². The Labute approximate surface area is 103 Å². The Hall–Kier alpha value is -1.32. The minimum Gasteiger partial charge on any atom is -0.383 e. The third-order valence-electron chi connectivity index (χ3n) is 4.02. The van der Waals surface area contributed by atoms with Crippen molar-refractivity contribution >= 4 is 11.6 Å². The molecule has 1 heterocycles. The van der Waals surface area contributed by atoms with Gasteiger partial charge in [0.2, 0.25) is 0 Å². The average Bonchev–Trinajstić information content (AvgIpc) is 3.02. The summed E-state index contributed by atoms with van der Waals surface area (Å²) in [6.07, 6.45) is 2.63. The van der Waals surface area contributed by atoms with Crippen LogP contribution in [0.5, 0.6) is 0 Å². The molecule has 1 aromatic heterocycles. The van der Waals surface area contributed by atoms with E-state index in [1.807, 2.05) is 13.8 Å². The molecule has 4 nitrogen and oxygen atoms in total. The summed E-state index contributed by atoms with van der Waals surface area (Å²) in [6.45, 7) is 9.41. The second kappa shape index (κ2) is 4.17. The third kappa shape index (κ3) is 2.35. The summed E-state index contributed by atoms with van der Waals surface area (Å²) in [7, 11) is 0. The van der Waals surface area contributed by atoms with Gasteiger partial charge in [0.15, 0.2) is 0 Å². The van der Waals surface area contributed by atoms with Crippen LogP contribution >= 0.6 is 0 Å². The lowest BCUT2D eigenvalue weighted by molar-refractivity contribution is 0.379. The van der Waals surface area contributed by atoms with E-state index in [0.717, 1.165) is 29.7 Å². The van der Waals surface area contributed by atoms with Crippen molar-refractivity contribution in [3.63, 3.8) is 0 Å². The average molecular weight is 234 g/mol. The first kappa shape index (κ1) is 12.1. The zero-order valence-electron chi connectivity index (χ0n) is 11.2. The van der Waals surface area contributed by atoms with Gasteiger partial charge in [-0.05, 0) is 38.0 Å². The van der Waals surface area contributed by atoms with Gasteiger partial charge in [0.05, 0.1) is 0 Å². The maximum absolute atomic E-state index is 5.85. The number of aromatic nitrogens is 2. The summed E-state index contributed by atoms with van der Waals surface area (Å²) in [5, 5.41) is 3.45. The fourth-order valence-electron chi connectivity index (χ4n) is 2.20. The van der Waals surface area contributed by atoms with E-state index >= 15 is 0 Å². The van der Waals surface area contributed by atoms with E-state index in [0.29, 0.717) is 11.2 Å². The second-order valence-corrected chi connectivity index (χ2v) is 5.50. The molecule has 1 saturated carbocycles. The quantitative estimate of drug-likeness (QED) is 0.840. The smallest absolute Gasteiger partial charge is 0.134 e. The van der Waals surface area contributed by atoms with Gasteiger partial charge < -0.3 is 11.1 Å². The van der Waals surface area contributed by atoms with E-state index < -0.39 is 0 Å². The summed E-state index contributed by atoms with van der Waals surface area (Å²) in [6, 6.07) is 0. The molecule has 0 bridgehead atoms. The summed E-state index contributed by atoms with van der Waals surface area (Å²) in [4.78, 5) is 8.58. The molecule has 1 aromatic rings. The molecule has 0 aliphatic heterocycles. The van der Waals surface area contributed by atoms with Gasteiger partial charge in [-0.3, -0.25) is 0 Å². The lowest BCUT2D eigenvalue weighted by Crippen LogP contribution is -2.22. The van der Waals surface area contributed by atoms with Crippen molar-refractivity contribution in [3.05, 3.63) is 11.4 Å². The van der Waals surface area contributed by atoms with Crippen molar-refractivity contribution < 1.29 is 0 Å². The standard InChI is InChI=1S/C13H22N4/c1-8(2)13(5-6-13)7-15-12-9(3)11(14)16-10(4)17-12/h8H,5-7H2,1-4H3,(H3,14,15,16,17). The Morgan fingerprint density at radius 2 is 1.94 bits per heavy atom. The molecule has 4 heteroatoms. The number of anilines is 2. The van der Waals surface area contributed by atoms with Crippen molar-refractivity contribution in [1.82, 2.24) is 9.97 Å². The Kier molecular flexibility index (Phi) is 2.98. The van der Waals surface area contributed by atoms with Crippen LogP contribution < -0.4 is 11.1 Å². The largest absolute Gasteiger partial charge is 0.383 e. The SMILES string of the molecule is Cc1nc(N)c(C)c(NCC2(C(C)C)CC2)n1. The highest BCUT2D eigenvalue weighted by atomic mass is 15.1. The lowest BCUT2D eigenvalue weighted by atomic mass is 9.92. The monoisotopic (exact) mass is 234 g/mol. The van der Waals surface area contributed by atoms with E-state index in [1.165, 1.54) is 12.8 Å². The summed E-state index contributed by atoms with van der Waals surface area (Å²) < 4.78 is 0. The van der Waals surface area contributed by atoms with E-state index in [9.17, 15) is 0 Å². The van der Waals surface area contributed by atoms with Crippen LogP contribution in [0.2, 0.25) is 0 Å². The van der Waals surface area contributed by atoms with Gasteiger partial charge >= 0.3 is 0 Å². The number of aryl methyl sites for hydroxylation is 1. The van der Waals surface area contributed by atoms with Gasteiger partial charge in [0.25, 0.3) is 0 Å². The third-order valence-corrected chi connectivity index (χ3v) is 4.02. The highest BCUT2D eigenvalue weighted by Gasteiger charge is 2.45. The normalized spacial score (nSPS) is 17.2. The van der Waals surface area contributed by atoms with Gasteiger partial charge in [-0.2, -0.15) is 0 Å². The molecule has 3 N–H and O–H groups in total. The van der Waals surface area contributed by atoms with E-state index in [4.69, 9.17) is 5.73 Å². The summed E-state index contributed by atoms with van der Waals surface area (Å²) in [5.74, 6) is 2.91. The molecule has 0 amide bonds. The molecule has 17 heavy (non-hydrogen) atoms. The highest BCUT2D eigenvalue weighted by Crippen LogP contribution is 2.51. The first-order valence-electron chi connectivity index (χ1n) is 6.29. The molecular formula is C13H22N4. The number of nitrogens with two attached hydrogens (primary N) is 1. The van der Waals surface area contributed by atoms with Crippen LogP contribution in [0.3, 0.4) is 0 Å². The molecule has 1 fully saturated rings. The van der Waals surface area contributed by atoms with Crippen LogP contribution in [0.1, 0.15) is 38.1 Å². The molecule has 0 spiro atoms. The predicted molar refractivity (Wildman–Crippen MR) is 70.9 cm³/mol. The van der Waals surface area contributed by atoms with Crippen LogP contribution in [0.25, 0.3) is 0 Å². The maximum atomic E-state index is 5.85. The van der Waals surface area contributed by atoms with Crippen LogP contribution in [-0.2, 0) is 0 Å². The zero-order chi connectivity index (χ0) is 12.6. The molecule has 1 aliphatic rings. The molecule has 0 atom stereocenters. The molecule has 1 aliphatic carbocycles. The lowest BCUT2D eigenvalue weighted by Gasteiger charge is -2.21. The first-order valence-corrected chi connectivity index (χ1v) is 6.29. The van der Waals surface area contributed by atoms with Gasteiger partial charge in [-0.1, -0.05) is 13.8 Å². The Morgan fingerprint density at radius 3 is 2.47 bits per heavy atom. The van der Waals surface area contributed by atoms with Gasteiger partial charge in [-0.15, -0.1) is 0 Å².